The largest absolute Gasteiger partial charge is 0.437 e. The first-order valence-electron chi connectivity index (χ1n) is 10.6. The van der Waals surface area contributed by atoms with Crippen molar-refractivity contribution in [3.05, 3.63) is 0 Å². The maximum absolute atomic E-state index is 9.86. The second-order valence-electron chi connectivity index (χ2n) is 9.60. The molecule has 188 valence electrons. The average molecular weight is 487 g/mol. The molecule has 0 aliphatic rings. The quantitative estimate of drug-likeness (QED) is 0.189. The Morgan fingerprint density at radius 1 is 0.733 bits per heavy atom. The lowest BCUT2D eigenvalue weighted by Gasteiger charge is -2.40. The van der Waals surface area contributed by atoms with Crippen molar-refractivity contribution in [1.82, 2.24) is 0 Å². The number of rotatable bonds is 16. The Kier molecular flexibility index (Phi) is 21.4. The monoisotopic (exact) mass is 486 g/mol. The van der Waals surface area contributed by atoms with Crippen LogP contribution < -0.4 is 0 Å². The summed E-state index contributed by atoms with van der Waals surface area (Å²) in [5, 5.41) is 19.7. The van der Waals surface area contributed by atoms with Crippen LogP contribution in [0.4, 0.5) is 0 Å². The lowest BCUT2D eigenvalue weighted by molar-refractivity contribution is -0.0301. The molecule has 0 saturated carbocycles. The molecule has 0 atom stereocenters. The molecule has 0 fully saturated rings. The summed E-state index contributed by atoms with van der Waals surface area (Å²) in [4.78, 5) is 0. The Morgan fingerprint density at radius 3 is 1.60 bits per heavy atom. The standard InChI is InChI=1S/C19H46O5Si3.3CH4/c1-9-11-14-25(3,4)23-27(7,8)24-26(5,6)15-12-19(16-20,17-21)18-22-13-10-2;;;/h20-21H,9-18H2,1-8H3;3*1H4. The van der Waals surface area contributed by atoms with Crippen molar-refractivity contribution in [3.8, 4) is 0 Å². The fraction of sp³-hybridized carbons (Fsp3) is 1.00. The zero-order valence-corrected chi connectivity index (χ0v) is 22.2. The van der Waals surface area contributed by atoms with Crippen LogP contribution in [0, 0.1) is 5.41 Å². The van der Waals surface area contributed by atoms with E-state index in [4.69, 9.17) is 13.0 Å². The van der Waals surface area contributed by atoms with E-state index in [0.29, 0.717) is 19.6 Å². The first-order chi connectivity index (χ1) is 12.4. The Balaban J connectivity index is -0.00000113. The van der Waals surface area contributed by atoms with E-state index in [9.17, 15) is 10.2 Å². The highest BCUT2D eigenvalue weighted by Gasteiger charge is 2.41. The summed E-state index contributed by atoms with van der Waals surface area (Å²) in [5.74, 6) is 0. The van der Waals surface area contributed by atoms with Crippen molar-refractivity contribution >= 4 is 25.2 Å². The molecule has 2 N–H and O–H groups in total. The molecule has 0 unspecified atom stereocenters. The predicted octanol–water partition coefficient (Wildman–Crippen LogP) is 6.63. The zero-order valence-electron chi connectivity index (χ0n) is 19.2. The van der Waals surface area contributed by atoms with Crippen molar-refractivity contribution in [2.24, 2.45) is 5.41 Å². The van der Waals surface area contributed by atoms with Gasteiger partial charge in [-0.15, -0.1) is 0 Å². The van der Waals surface area contributed by atoms with E-state index in [1.165, 1.54) is 18.9 Å². The smallest absolute Gasteiger partial charge is 0.311 e. The Labute approximate surface area is 193 Å². The van der Waals surface area contributed by atoms with Crippen LogP contribution in [0.15, 0.2) is 0 Å². The van der Waals surface area contributed by atoms with Crippen molar-refractivity contribution in [3.63, 3.8) is 0 Å². The minimum atomic E-state index is -2.20. The molecule has 0 aromatic carbocycles. The lowest BCUT2D eigenvalue weighted by Crippen LogP contribution is -2.52. The van der Waals surface area contributed by atoms with Crippen molar-refractivity contribution in [2.75, 3.05) is 26.4 Å². The summed E-state index contributed by atoms with van der Waals surface area (Å²) in [6, 6.07) is 2.05. The van der Waals surface area contributed by atoms with Gasteiger partial charge in [-0.1, -0.05) is 49.0 Å². The third kappa shape index (κ3) is 16.1. The summed E-state index contributed by atoms with van der Waals surface area (Å²) in [5.41, 5.74) is -0.579. The van der Waals surface area contributed by atoms with Gasteiger partial charge in [0.05, 0.1) is 19.8 Å². The molecule has 30 heavy (non-hydrogen) atoms. The van der Waals surface area contributed by atoms with Gasteiger partial charge in [0.15, 0.2) is 16.6 Å². The van der Waals surface area contributed by atoms with Crippen molar-refractivity contribution in [1.29, 1.82) is 0 Å². The van der Waals surface area contributed by atoms with Crippen molar-refractivity contribution < 1.29 is 23.2 Å². The lowest BCUT2D eigenvalue weighted by atomic mass is 9.88. The van der Waals surface area contributed by atoms with E-state index in [1.54, 1.807) is 0 Å². The zero-order chi connectivity index (χ0) is 21.2. The molecule has 0 rings (SSSR count). The van der Waals surface area contributed by atoms with Gasteiger partial charge in [0, 0.05) is 12.0 Å². The minimum Gasteiger partial charge on any atom is -0.437 e. The fourth-order valence-electron chi connectivity index (χ4n) is 3.43. The van der Waals surface area contributed by atoms with Gasteiger partial charge in [-0.2, -0.15) is 0 Å². The first-order valence-corrected chi connectivity index (χ1v) is 19.6. The van der Waals surface area contributed by atoms with E-state index in [-0.39, 0.29) is 35.5 Å². The maximum atomic E-state index is 9.86. The molecular weight excluding hydrogens is 428 g/mol. The number of unbranched alkanes of at least 4 members (excludes halogenated alkanes) is 1. The summed E-state index contributed by atoms with van der Waals surface area (Å²) in [6.07, 6.45) is 4.07. The molecular formula is C22H58O5Si3. The molecule has 0 aliphatic carbocycles. The fourth-order valence-corrected chi connectivity index (χ4v) is 17.8. The molecule has 0 amide bonds. The number of aliphatic hydroxyl groups excluding tert-OH is 2. The topological polar surface area (TPSA) is 68.2 Å². The van der Waals surface area contributed by atoms with Crippen LogP contribution in [0.1, 0.15) is 61.8 Å². The molecule has 5 nitrogen and oxygen atoms in total. The van der Waals surface area contributed by atoms with Gasteiger partial charge in [0.2, 0.25) is 0 Å². The maximum Gasteiger partial charge on any atom is 0.311 e. The minimum absolute atomic E-state index is 0. The summed E-state index contributed by atoms with van der Waals surface area (Å²) >= 11 is 0. The van der Waals surface area contributed by atoms with E-state index in [1.807, 2.05) is 0 Å². The Bertz CT molecular complexity index is 400. The van der Waals surface area contributed by atoms with Crippen LogP contribution in [0.5, 0.6) is 0 Å². The number of hydrogen-bond acceptors (Lipinski definition) is 5. The highest BCUT2D eigenvalue weighted by Crippen LogP contribution is 2.31. The Morgan fingerprint density at radius 2 is 1.20 bits per heavy atom. The van der Waals surface area contributed by atoms with Gasteiger partial charge < -0.3 is 23.2 Å². The van der Waals surface area contributed by atoms with Crippen LogP contribution in [0.25, 0.3) is 0 Å². The Hall–Kier alpha value is 0.451. The van der Waals surface area contributed by atoms with Crippen LogP contribution in [0.2, 0.25) is 51.4 Å². The number of aliphatic hydroxyl groups is 2. The summed E-state index contributed by atoms with van der Waals surface area (Å²) < 4.78 is 18.9. The van der Waals surface area contributed by atoms with Crippen LogP contribution >= 0.6 is 0 Å². The van der Waals surface area contributed by atoms with Gasteiger partial charge in [-0.05, 0) is 64.2 Å². The SMILES string of the molecule is C.C.C.CCCC[Si](C)(C)O[Si](C)(C)O[Si](C)(C)CCC(CO)(CO)COCCC. The molecule has 0 saturated heterocycles. The highest BCUT2D eigenvalue weighted by molar-refractivity contribution is 6.87. The third-order valence-corrected chi connectivity index (χ3v) is 16.2. The van der Waals surface area contributed by atoms with E-state index in [2.05, 4.69) is 53.1 Å². The molecule has 0 aliphatic heterocycles. The molecule has 0 bridgehead atoms. The molecule has 0 spiro atoms. The summed E-state index contributed by atoms with van der Waals surface area (Å²) in [6.45, 7) is 18.6. The molecule has 0 radical (unpaired) electrons. The second-order valence-corrected chi connectivity index (χ2v) is 22.1. The normalized spacial score (nSPS) is 12.6. The van der Waals surface area contributed by atoms with Gasteiger partial charge in [-0.3, -0.25) is 0 Å². The van der Waals surface area contributed by atoms with Gasteiger partial charge >= 0.3 is 8.56 Å². The molecule has 0 heterocycles. The predicted molar refractivity (Wildman–Crippen MR) is 142 cm³/mol. The molecule has 0 aromatic rings. The average Bonchev–Trinajstić information content (AvgIpc) is 2.54. The second kappa shape index (κ2) is 17.0. The van der Waals surface area contributed by atoms with Gasteiger partial charge in [-0.25, -0.2) is 0 Å². The highest BCUT2D eigenvalue weighted by atomic mass is 28.5. The van der Waals surface area contributed by atoms with Crippen LogP contribution in [-0.2, 0) is 13.0 Å². The number of ether oxygens (including phenoxy) is 1. The summed E-state index contributed by atoms with van der Waals surface area (Å²) in [7, 11) is -5.88. The van der Waals surface area contributed by atoms with E-state index >= 15 is 0 Å². The number of hydrogen-bond donors (Lipinski definition) is 2. The van der Waals surface area contributed by atoms with Gasteiger partial charge in [0.25, 0.3) is 0 Å². The molecule has 0 aromatic heterocycles. The van der Waals surface area contributed by atoms with Crippen LogP contribution in [-0.4, -0.2) is 61.8 Å². The van der Waals surface area contributed by atoms with E-state index < -0.39 is 30.6 Å². The molecule has 8 heteroatoms. The first kappa shape index (κ1) is 37.7. The van der Waals surface area contributed by atoms with E-state index in [0.717, 1.165) is 12.5 Å². The van der Waals surface area contributed by atoms with Crippen molar-refractivity contribution in [2.45, 2.75) is 113 Å². The van der Waals surface area contributed by atoms with Gasteiger partial charge in [0.1, 0.15) is 0 Å². The van der Waals surface area contributed by atoms with Crippen LogP contribution in [0.3, 0.4) is 0 Å². The third-order valence-electron chi connectivity index (χ3n) is 4.86.